The summed E-state index contributed by atoms with van der Waals surface area (Å²) in [6.45, 7) is 1.98. The van der Waals surface area contributed by atoms with Gasteiger partial charge in [-0.15, -0.1) is 0 Å². The molecule has 0 spiro atoms. The van der Waals surface area contributed by atoms with E-state index < -0.39 is 0 Å². The molecule has 2 amide bonds. The fraction of sp³-hybridized carbons (Fsp3) is 0.238. The molecule has 28 heavy (non-hydrogen) atoms. The molecule has 7 nitrogen and oxygen atoms in total. The predicted molar refractivity (Wildman–Crippen MR) is 104 cm³/mol. The molecule has 0 aliphatic carbocycles. The summed E-state index contributed by atoms with van der Waals surface area (Å²) in [6, 6.07) is 17.3. The Bertz CT molecular complexity index is 910. The molecule has 0 bridgehead atoms. The minimum atomic E-state index is -0.233. The van der Waals surface area contributed by atoms with Gasteiger partial charge in [-0.05, 0) is 29.3 Å². The number of hydrogen-bond donors (Lipinski definition) is 2. The highest BCUT2D eigenvalue weighted by atomic mass is 16.6. The monoisotopic (exact) mass is 378 g/mol. The van der Waals surface area contributed by atoms with Gasteiger partial charge in [0.25, 0.3) is 0 Å². The van der Waals surface area contributed by atoms with E-state index in [1.165, 1.54) is 0 Å². The molecule has 2 aromatic carbocycles. The summed E-state index contributed by atoms with van der Waals surface area (Å²) < 4.78 is 13.3. The lowest BCUT2D eigenvalue weighted by Crippen LogP contribution is -2.44. The molecule has 1 aliphatic heterocycles. The van der Waals surface area contributed by atoms with Gasteiger partial charge in [0.2, 0.25) is 0 Å². The molecule has 4 rings (SSSR count). The van der Waals surface area contributed by atoms with Gasteiger partial charge in [0.1, 0.15) is 6.61 Å². The summed E-state index contributed by atoms with van der Waals surface area (Å²) in [5, 5.41) is 9.88. The Kier molecular flexibility index (Phi) is 5.42. The molecule has 1 aromatic heterocycles. The highest BCUT2D eigenvalue weighted by Gasteiger charge is 2.20. The number of hydrogen-bond acceptors (Lipinski definition) is 4. The minimum absolute atomic E-state index is 0.206. The van der Waals surface area contributed by atoms with E-state index in [4.69, 9.17) is 9.47 Å². The van der Waals surface area contributed by atoms with Crippen molar-refractivity contribution in [3.8, 4) is 11.5 Å². The number of para-hydroxylation sites is 2. The topological polar surface area (TPSA) is 77.4 Å². The number of carbonyl (C=O) groups is 1. The lowest BCUT2D eigenvalue weighted by Gasteiger charge is -2.26. The maximum absolute atomic E-state index is 12.1. The van der Waals surface area contributed by atoms with Gasteiger partial charge < -0.3 is 20.1 Å². The Morgan fingerprint density at radius 1 is 1.04 bits per heavy atom. The fourth-order valence-electron chi connectivity index (χ4n) is 2.96. The zero-order valence-corrected chi connectivity index (χ0v) is 15.4. The molecule has 0 saturated heterocycles. The molecule has 2 heterocycles. The summed E-state index contributed by atoms with van der Waals surface area (Å²) in [4.78, 5) is 12.1. The van der Waals surface area contributed by atoms with Gasteiger partial charge in [-0.1, -0.05) is 36.4 Å². The van der Waals surface area contributed by atoms with Crippen molar-refractivity contribution in [1.82, 2.24) is 20.4 Å². The summed E-state index contributed by atoms with van der Waals surface area (Å²) in [7, 11) is 0. The largest absolute Gasteiger partial charge is 0.486 e. The van der Waals surface area contributed by atoms with E-state index in [9.17, 15) is 4.79 Å². The lowest BCUT2D eigenvalue weighted by atomic mass is 10.1. The van der Waals surface area contributed by atoms with Crippen LogP contribution in [0.25, 0.3) is 0 Å². The smallest absolute Gasteiger partial charge is 0.315 e. The quantitative estimate of drug-likeness (QED) is 0.691. The third-order valence-corrected chi connectivity index (χ3v) is 4.44. The second-order valence-electron chi connectivity index (χ2n) is 6.58. The van der Waals surface area contributed by atoms with Crippen LogP contribution in [0.4, 0.5) is 4.79 Å². The van der Waals surface area contributed by atoms with Gasteiger partial charge in [-0.3, -0.25) is 4.68 Å². The van der Waals surface area contributed by atoms with Crippen molar-refractivity contribution < 1.29 is 14.3 Å². The first-order valence-corrected chi connectivity index (χ1v) is 9.22. The lowest BCUT2D eigenvalue weighted by molar-refractivity contribution is 0.0918. The SMILES string of the molecule is O=C(NCc1ccc(Cn2cccn2)cc1)NCC1COc2ccccc2O1. The van der Waals surface area contributed by atoms with Crippen LogP contribution >= 0.6 is 0 Å². The number of rotatable bonds is 6. The van der Waals surface area contributed by atoms with Crippen LogP contribution in [0.5, 0.6) is 11.5 Å². The Labute approximate surface area is 163 Å². The van der Waals surface area contributed by atoms with E-state index in [2.05, 4.69) is 15.7 Å². The van der Waals surface area contributed by atoms with E-state index >= 15 is 0 Å². The maximum atomic E-state index is 12.1. The first-order valence-electron chi connectivity index (χ1n) is 9.22. The highest BCUT2D eigenvalue weighted by molar-refractivity contribution is 5.73. The number of nitrogens with one attached hydrogen (secondary N) is 2. The van der Waals surface area contributed by atoms with Gasteiger partial charge in [0.15, 0.2) is 17.6 Å². The normalized spacial score (nSPS) is 15.1. The number of urea groups is 1. The van der Waals surface area contributed by atoms with Crippen molar-refractivity contribution in [1.29, 1.82) is 0 Å². The zero-order chi connectivity index (χ0) is 19.2. The molecule has 2 N–H and O–H groups in total. The molecule has 0 saturated carbocycles. The average Bonchev–Trinajstić information content (AvgIpc) is 3.24. The highest BCUT2D eigenvalue weighted by Crippen LogP contribution is 2.30. The van der Waals surface area contributed by atoms with E-state index in [0.717, 1.165) is 23.4 Å². The van der Waals surface area contributed by atoms with Crippen molar-refractivity contribution >= 4 is 6.03 Å². The summed E-state index contributed by atoms with van der Waals surface area (Å²) in [5.74, 6) is 1.44. The number of nitrogens with zero attached hydrogens (tertiary/aromatic N) is 2. The first-order chi connectivity index (χ1) is 13.8. The van der Waals surface area contributed by atoms with E-state index in [0.29, 0.717) is 25.4 Å². The summed E-state index contributed by atoms with van der Waals surface area (Å²) >= 11 is 0. The third kappa shape index (κ3) is 4.62. The number of carbonyl (C=O) groups excluding carboxylic acids is 1. The van der Waals surface area contributed by atoms with Gasteiger partial charge in [-0.25, -0.2) is 4.79 Å². The Morgan fingerprint density at radius 3 is 2.61 bits per heavy atom. The number of amides is 2. The van der Waals surface area contributed by atoms with Crippen LogP contribution in [0.15, 0.2) is 67.0 Å². The Balaban J connectivity index is 1.19. The molecule has 1 atom stereocenters. The van der Waals surface area contributed by atoms with Crippen LogP contribution in [-0.2, 0) is 13.1 Å². The number of fused-ring (bicyclic) bond motifs is 1. The first kappa shape index (κ1) is 17.9. The second kappa shape index (κ2) is 8.47. The van der Waals surface area contributed by atoms with Crippen LogP contribution in [0.2, 0.25) is 0 Å². The molecular weight excluding hydrogens is 356 g/mol. The van der Waals surface area contributed by atoms with Crippen molar-refractivity contribution in [3.63, 3.8) is 0 Å². The third-order valence-electron chi connectivity index (χ3n) is 4.44. The van der Waals surface area contributed by atoms with Gasteiger partial charge in [0, 0.05) is 18.9 Å². The van der Waals surface area contributed by atoms with Crippen molar-refractivity contribution in [3.05, 3.63) is 78.1 Å². The Hall–Kier alpha value is -3.48. The molecule has 7 heteroatoms. The minimum Gasteiger partial charge on any atom is -0.486 e. The predicted octanol–water partition coefficient (Wildman–Crippen LogP) is 2.57. The van der Waals surface area contributed by atoms with Crippen LogP contribution in [0.1, 0.15) is 11.1 Å². The molecule has 0 fully saturated rings. The van der Waals surface area contributed by atoms with Crippen LogP contribution in [-0.4, -0.2) is 35.1 Å². The maximum Gasteiger partial charge on any atom is 0.315 e. The number of aromatic nitrogens is 2. The van der Waals surface area contributed by atoms with Crippen LogP contribution < -0.4 is 20.1 Å². The van der Waals surface area contributed by atoms with E-state index in [-0.39, 0.29) is 12.1 Å². The summed E-state index contributed by atoms with van der Waals surface area (Å²) in [5.41, 5.74) is 2.19. The number of ether oxygens (including phenoxy) is 2. The van der Waals surface area contributed by atoms with Crippen molar-refractivity contribution in [2.75, 3.05) is 13.2 Å². The molecule has 1 aliphatic rings. The van der Waals surface area contributed by atoms with Gasteiger partial charge in [-0.2, -0.15) is 5.10 Å². The standard InChI is InChI=1S/C21H22N4O3/c26-21(23-13-18-15-27-19-4-1-2-5-20(19)28-18)22-12-16-6-8-17(9-7-16)14-25-11-3-10-24-25/h1-11,18H,12-15H2,(H2,22,23,26). The van der Waals surface area contributed by atoms with Crippen molar-refractivity contribution in [2.45, 2.75) is 19.2 Å². The molecule has 1 unspecified atom stereocenters. The van der Waals surface area contributed by atoms with Crippen molar-refractivity contribution in [2.24, 2.45) is 0 Å². The van der Waals surface area contributed by atoms with Crippen LogP contribution in [0, 0.1) is 0 Å². The molecular formula is C21H22N4O3. The molecule has 144 valence electrons. The summed E-state index contributed by atoms with van der Waals surface area (Å²) in [6.07, 6.45) is 3.49. The number of benzene rings is 2. The fourth-order valence-corrected chi connectivity index (χ4v) is 2.96. The van der Waals surface area contributed by atoms with E-state index in [1.54, 1.807) is 6.20 Å². The average molecular weight is 378 g/mol. The molecule has 0 radical (unpaired) electrons. The second-order valence-corrected chi connectivity index (χ2v) is 6.58. The van der Waals surface area contributed by atoms with E-state index in [1.807, 2.05) is 65.5 Å². The van der Waals surface area contributed by atoms with Gasteiger partial charge in [0.05, 0.1) is 13.1 Å². The molecule has 3 aromatic rings. The van der Waals surface area contributed by atoms with Gasteiger partial charge >= 0.3 is 6.03 Å². The Morgan fingerprint density at radius 2 is 1.82 bits per heavy atom. The zero-order valence-electron chi connectivity index (χ0n) is 15.4. The van der Waals surface area contributed by atoms with Crippen LogP contribution in [0.3, 0.4) is 0 Å².